The second-order valence-electron chi connectivity index (χ2n) is 4.05. The van der Waals surface area contributed by atoms with E-state index in [-0.39, 0.29) is 50.6 Å². The molecule has 0 saturated heterocycles. The molecule has 1 aromatic rings. The molecule has 0 radical (unpaired) electrons. The maximum absolute atomic E-state index is 12.2. The van der Waals surface area contributed by atoms with E-state index in [0.717, 1.165) is 5.01 Å². The van der Waals surface area contributed by atoms with Gasteiger partial charge in [-0.25, -0.2) is 10.2 Å². The predicted molar refractivity (Wildman–Crippen MR) is 78.5 cm³/mol. The first kappa shape index (κ1) is 19.8. The zero-order chi connectivity index (χ0) is 15.1. The van der Waals surface area contributed by atoms with E-state index in [2.05, 4.69) is 5.43 Å². The number of hydrogen-bond donors (Lipinski definition) is 3. The summed E-state index contributed by atoms with van der Waals surface area (Å²) in [7, 11) is 1.41. The van der Waals surface area contributed by atoms with E-state index in [4.69, 9.17) is 10.2 Å². The number of rotatable bonds is 7. The molecule has 0 heterocycles. The van der Waals surface area contributed by atoms with Gasteiger partial charge in [-0.05, 0) is 18.6 Å². The Bertz CT molecular complexity index is 495. The maximum atomic E-state index is 12.2. The molecule has 0 spiro atoms. The molecule has 8 heteroatoms. The molecule has 7 nitrogen and oxygen atoms in total. The average Bonchev–Trinajstić information content (AvgIpc) is 2.43. The van der Waals surface area contributed by atoms with Gasteiger partial charge in [-0.2, -0.15) is 0 Å². The van der Waals surface area contributed by atoms with Crippen LogP contribution in [0.2, 0.25) is 0 Å². The zero-order valence-corrected chi connectivity index (χ0v) is 10.9. The summed E-state index contributed by atoms with van der Waals surface area (Å²) in [6.45, 7) is 0. The first-order valence-corrected chi connectivity index (χ1v) is 5.98. The average molecular weight is 322 g/mol. The van der Waals surface area contributed by atoms with Crippen LogP contribution in [0.1, 0.15) is 23.2 Å². The molecule has 1 rings (SSSR count). The summed E-state index contributed by atoms with van der Waals surface area (Å²) < 4.78 is 0. The number of carbonyl (C=O) groups excluding carboxylic acids is 1. The predicted octanol–water partition coefficient (Wildman–Crippen LogP) is -0.335. The van der Waals surface area contributed by atoms with Crippen molar-refractivity contribution in [2.24, 2.45) is 0 Å². The molecule has 0 saturated carbocycles. The van der Waals surface area contributed by atoms with E-state index < -0.39 is 23.9 Å². The molecule has 1 aromatic carbocycles. The number of amides is 1. The quantitative estimate of drug-likeness (QED) is 0.468. The molecule has 1 amide bonds. The summed E-state index contributed by atoms with van der Waals surface area (Å²) >= 11 is 0. The number of carbonyl (C=O) groups is 3. The Hall–Kier alpha value is -1.15. The minimum atomic E-state index is -1.26. The van der Waals surface area contributed by atoms with E-state index in [0.29, 0.717) is 5.56 Å². The number of hydrazine groups is 1. The molecule has 1 atom stereocenters. The molecule has 0 aliphatic carbocycles. The van der Waals surface area contributed by atoms with E-state index in [9.17, 15) is 14.4 Å². The van der Waals surface area contributed by atoms with Crippen LogP contribution in [0.5, 0.6) is 0 Å². The molecule has 21 heavy (non-hydrogen) atoms. The van der Waals surface area contributed by atoms with Gasteiger partial charge in [0.25, 0.3) is 5.91 Å². The third kappa shape index (κ3) is 6.01. The fourth-order valence-electron chi connectivity index (χ4n) is 1.74. The first-order valence-electron chi connectivity index (χ1n) is 5.98. The molecule has 0 bridgehead atoms. The topological polar surface area (TPSA) is 107 Å². The number of benzene rings is 1. The Morgan fingerprint density at radius 1 is 1.19 bits per heavy atom. The van der Waals surface area contributed by atoms with E-state index in [1.54, 1.807) is 30.3 Å². The summed E-state index contributed by atoms with van der Waals surface area (Å²) in [6.07, 6.45) is -0.513. The van der Waals surface area contributed by atoms with Crippen LogP contribution in [-0.4, -0.2) is 83.9 Å². The van der Waals surface area contributed by atoms with Crippen molar-refractivity contribution in [2.45, 2.75) is 18.9 Å². The van der Waals surface area contributed by atoms with Crippen molar-refractivity contribution in [2.75, 3.05) is 7.05 Å². The number of carboxylic acids is 2. The van der Waals surface area contributed by atoms with Gasteiger partial charge >= 0.3 is 49.7 Å². The molecule has 0 aliphatic heterocycles. The number of nitrogens with zero attached hydrogens (tertiary/aromatic N) is 1. The summed E-state index contributed by atoms with van der Waals surface area (Å²) in [4.78, 5) is 34.0. The van der Waals surface area contributed by atoms with Gasteiger partial charge in [0.05, 0.1) is 0 Å². The SMILES string of the molecule is CNN(C(=O)c1ccccc1)C(CCC(=O)O)C(=O)O.[CaH2]. The monoisotopic (exact) mass is 322 g/mol. The van der Waals surface area contributed by atoms with Gasteiger partial charge in [0.2, 0.25) is 0 Å². The second-order valence-corrected chi connectivity index (χ2v) is 4.05. The van der Waals surface area contributed by atoms with E-state index in [1.165, 1.54) is 7.05 Å². The third-order valence-electron chi connectivity index (χ3n) is 2.71. The Morgan fingerprint density at radius 3 is 2.19 bits per heavy atom. The molecule has 112 valence electrons. The van der Waals surface area contributed by atoms with Crippen molar-refractivity contribution in [3.63, 3.8) is 0 Å². The molecule has 3 N–H and O–H groups in total. The van der Waals surface area contributed by atoms with Crippen molar-refractivity contribution >= 4 is 55.6 Å². The number of hydrogen-bond acceptors (Lipinski definition) is 4. The third-order valence-corrected chi connectivity index (χ3v) is 2.71. The molecular weight excluding hydrogens is 304 g/mol. The van der Waals surface area contributed by atoms with Crippen molar-refractivity contribution in [3.05, 3.63) is 35.9 Å². The summed E-state index contributed by atoms with van der Waals surface area (Å²) in [6, 6.07) is 6.93. The Balaban J connectivity index is 0.00000400. The summed E-state index contributed by atoms with van der Waals surface area (Å²) in [5, 5.41) is 18.7. The van der Waals surface area contributed by atoms with Crippen LogP contribution in [0.3, 0.4) is 0 Å². The number of nitrogens with one attached hydrogen (secondary N) is 1. The summed E-state index contributed by atoms with van der Waals surface area (Å²) in [5.74, 6) is -2.89. The van der Waals surface area contributed by atoms with Crippen molar-refractivity contribution in [1.82, 2.24) is 10.4 Å². The second kappa shape index (κ2) is 9.73. The number of aliphatic carboxylic acids is 2. The normalized spacial score (nSPS) is 11.1. The van der Waals surface area contributed by atoms with Gasteiger partial charge in [0.15, 0.2) is 0 Å². The Labute approximate surface area is 151 Å². The molecular formula is C13H18CaN2O5. The van der Waals surface area contributed by atoms with Crippen molar-refractivity contribution in [3.8, 4) is 0 Å². The van der Waals surface area contributed by atoms with Crippen LogP contribution in [0.25, 0.3) is 0 Å². The Kier molecular flexibility index (Phi) is 9.19. The van der Waals surface area contributed by atoms with Gasteiger partial charge in [-0.3, -0.25) is 14.6 Å². The standard InChI is InChI=1S/C13H16N2O5.Ca.2H/c1-14-15(10(13(19)20)7-8-11(16)17)12(18)9-5-3-2-4-6-9;;;/h2-6,10,14H,7-8H2,1H3,(H,16,17)(H,19,20);;;. The van der Waals surface area contributed by atoms with Gasteiger partial charge < -0.3 is 10.2 Å². The molecule has 0 fully saturated rings. The fraction of sp³-hybridized carbons (Fsp3) is 0.308. The van der Waals surface area contributed by atoms with Crippen molar-refractivity contribution in [1.29, 1.82) is 0 Å². The van der Waals surface area contributed by atoms with Crippen LogP contribution in [0, 0.1) is 0 Å². The molecule has 0 aliphatic rings. The fourth-order valence-corrected chi connectivity index (χ4v) is 1.74. The number of carboxylic acid groups (broad SMARTS) is 2. The van der Waals surface area contributed by atoms with Crippen LogP contribution in [-0.2, 0) is 9.59 Å². The minimum absolute atomic E-state index is 0. The van der Waals surface area contributed by atoms with Gasteiger partial charge in [0, 0.05) is 19.0 Å². The van der Waals surface area contributed by atoms with Gasteiger partial charge in [0.1, 0.15) is 6.04 Å². The van der Waals surface area contributed by atoms with E-state index in [1.807, 2.05) is 0 Å². The van der Waals surface area contributed by atoms with Crippen molar-refractivity contribution < 1.29 is 24.6 Å². The van der Waals surface area contributed by atoms with Gasteiger partial charge in [-0.1, -0.05) is 18.2 Å². The first-order chi connectivity index (χ1) is 9.47. The van der Waals surface area contributed by atoms with Crippen LogP contribution in [0.4, 0.5) is 0 Å². The Morgan fingerprint density at radius 2 is 1.76 bits per heavy atom. The molecule has 1 unspecified atom stereocenters. The summed E-state index contributed by atoms with van der Waals surface area (Å²) in [5.41, 5.74) is 2.84. The van der Waals surface area contributed by atoms with Crippen LogP contribution >= 0.6 is 0 Å². The van der Waals surface area contributed by atoms with Crippen LogP contribution < -0.4 is 5.43 Å². The zero-order valence-electron chi connectivity index (χ0n) is 10.9. The van der Waals surface area contributed by atoms with E-state index >= 15 is 0 Å². The molecule has 0 aromatic heterocycles. The van der Waals surface area contributed by atoms with Crippen LogP contribution in [0.15, 0.2) is 30.3 Å². The van der Waals surface area contributed by atoms with Gasteiger partial charge in [-0.15, -0.1) is 0 Å².